The Labute approximate surface area is 114 Å². The molecule has 3 heteroatoms. The lowest BCUT2D eigenvalue weighted by Crippen LogP contribution is -2.18. The van der Waals surface area contributed by atoms with Crippen LogP contribution in [-0.4, -0.2) is 11.0 Å². The molecule has 2 rings (SSSR count). The molecule has 1 heterocycles. The summed E-state index contributed by atoms with van der Waals surface area (Å²) in [4.78, 5) is 4.30. The molecule has 0 saturated heterocycles. The Kier molecular flexibility index (Phi) is 4.53. The fraction of sp³-hybridized carbons (Fsp3) is 0.312. The van der Waals surface area contributed by atoms with E-state index in [-0.39, 0.29) is 6.04 Å². The molecule has 0 aliphatic heterocycles. The molecule has 1 aromatic heterocycles. The van der Waals surface area contributed by atoms with Crippen molar-refractivity contribution in [1.82, 2.24) is 4.98 Å². The van der Waals surface area contributed by atoms with Crippen molar-refractivity contribution >= 4 is 0 Å². The summed E-state index contributed by atoms with van der Waals surface area (Å²) in [6, 6.07) is 12.1. The van der Waals surface area contributed by atoms with Crippen LogP contribution in [0.5, 0.6) is 11.6 Å². The molecule has 2 N–H and O–H groups in total. The fourth-order valence-electron chi connectivity index (χ4n) is 1.96. The van der Waals surface area contributed by atoms with Gasteiger partial charge in [-0.2, -0.15) is 0 Å². The molecule has 3 nitrogen and oxygen atoms in total. The monoisotopic (exact) mass is 256 g/mol. The maximum Gasteiger partial charge on any atom is 0.222 e. The summed E-state index contributed by atoms with van der Waals surface area (Å²) in [5, 5.41) is 0. The molecule has 1 aromatic carbocycles. The van der Waals surface area contributed by atoms with Crippen LogP contribution in [0.15, 0.2) is 42.6 Å². The molecule has 1 atom stereocenters. The molecule has 0 spiro atoms. The van der Waals surface area contributed by atoms with Gasteiger partial charge in [0.25, 0.3) is 0 Å². The number of pyridine rings is 1. The zero-order chi connectivity index (χ0) is 13.7. The predicted molar refractivity (Wildman–Crippen MR) is 77.5 cm³/mol. The van der Waals surface area contributed by atoms with Gasteiger partial charge < -0.3 is 10.5 Å². The van der Waals surface area contributed by atoms with Crippen LogP contribution < -0.4 is 10.5 Å². The molecular weight excluding hydrogens is 236 g/mol. The smallest absolute Gasteiger partial charge is 0.222 e. The summed E-state index contributed by atoms with van der Waals surface area (Å²) in [6.45, 7) is 4.11. The largest absolute Gasteiger partial charge is 0.439 e. The summed E-state index contributed by atoms with van der Waals surface area (Å²) in [6.07, 6.45) is 3.49. The van der Waals surface area contributed by atoms with E-state index in [2.05, 4.69) is 18.0 Å². The Hall–Kier alpha value is -1.87. The van der Waals surface area contributed by atoms with Crippen molar-refractivity contribution in [2.45, 2.75) is 32.7 Å². The van der Waals surface area contributed by atoms with E-state index in [1.807, 2.05) is 37.3 Å². The first-order chi connectivity index (χ1) is 9.19. The first-order valence-corrected chi connectivity index (χ1v) is 6.65. The van der Waals surface area contributed by atoms with Gasteiger partial charge in [-0.25, -0.2) is 4.98 Å². The normalized spacial score (nSPS) is 12.2. The summed E-state index contributed by atoms with van der Waals surface area (Å²) >= 11 is 0. The van der Waals surface area contributed by atoms with E-state index in [1.54, 1.807) is 6.20 Å². The number of hydrogen-bond donors (Lipinski definition) is 1. The fourth-order valence-corrected chi connectivity index (χ4v) is 1.96. The van der Waals surface area contributed by atoms with E-state index < -0.39 is 0 Å². The minimum atomic E-state index is 0.0912. The van der Waals surface area contributed by atoms with Crippen molar-refractivity contribution in [3.05, 3.63) is 53.7 Å². The van der Waals surface area contributed by atoms with E-state index in [9.17, 15) is 0 Å². The van der Waals surface area contributed by atoms with Crippen LogP contribution in [0.4, 0.5) is 0 Å². The summed E-state index contributed by atoms with van der Waals surface area (Å²) in [5.74, 6) is 1.47. The highest BCUT2D eigenvalue weighted by Gasteiger charge is 2.08. The van der Waals surface area contributed by atoms with E-state index in [0.29, 0.717) is 5.88 Å². The van der Waals surface area contributed by atoms with Gasteiger partial charge in [0.05, 0.1) is 0 Å². The van der Waals surface area contributed by atoms with Crippen LogP contribution in [0.2, 0.25) is 0 Å². The van der Waals surface area contributed by atoms with Gasteiger partial charge in [-0.3, -0.25) is 0 Å². The third-order valence-corrected chi connectivity index (χ3v) is 2.91. The Balaban J connectivity index is 2.22. The van der Waals surface area contributed by atoms with Gasteiger partial charge in [-0.05, 0) is 43.5 Å². The maximum atomic E-state index is 5.89. The van der Waals surface area contributed by atoms with Crippen molar-refractivity contribution in [3.63, 3.8) is 0 Å². The number of aromatic nitrogens is 1. The SMILES string of the molecule is CCc1cccc(Oc2ncccc2CC(C)N)c1. The highest BCUT2D eigenvalue weighted by atomic mass is 16.5. The van der Waals surface area contributed by atoms with Crippen LogP contribution in [0.3, 0.4) is 0 Å². The summed E-state index contributed by atoms with van der Waals surface area (Å²) < 4.78 is 5.89. The Morgan fingerprint density at radius 1 is 1.26 bits per heavy atom. The minimum absolute atomic E-state index is 0.0912. The topological polar surface area (TPSA) is 48.1 Å². The van der Waals surface area contributed by atoms with Gasteiger partial charge in [0.2, 0.25) is 5.88 Å². The number of benzene rings is 1. The van der Waals surface area contributed by atoms with Crippen LogP contribution in [0.1, 0.15) is 25.0 Å². The Morgan fingerprint density at radius 2 is 2.11 bits per heavy atom. The number of aryl methyl sites for hydroxylation is 1. The second kappa shape index (κ2) is 6.34. The Bertz CT molecular complexity index is 538. The molecule has 0 fully saturated rings. The van der Waals surface area contributed by atoms with Gasteiger partial charge in [-0.1, -0.05) is 25.1 Å². The Morgan fingerprint density at radius 3 is 2.84 bits per heavy atom. The van der Waals surface area contributed by atoms with Gasteiger partial charge in [0.1, 0.15) is 5.75 Å². The van der Waals surface area contributed by atoms with Crippen molar-refractivity contribution in [2.24, 2.45) is 5.73 Å². The van der Waals surface area contributed by atoms with E-state index in [4.69, 9.17) is 10.5 Å². The molecule has 2 aromatic rings. The van der Waals surface area contributed by atoms with Gasteiger partial charge in [-0.15, -0.1) is 0 Å². The third kappa shape index (κ3) is 3.80. The second-order valence-electron chi connectivity index (χ2n) is 4.75. The van der Waals surface area contributed by atoms with Crippen LogP contribution in [-0.2, 0) is 12.8 Å². The molecule has 0 aliphatic carbocycles. The molecular formula is C16H20N2O. The van der Waals surface area contributed by atoms with E-state index >= 15 is 0 Å². The summed E-state index contributed by atoms with van der Waals surface area (Å²) in [5.41, 5.74) is 8.14. The highest BCUT2D eigenvalue weighted by molar-refractivity contribution is 5.35. The number of hydrogen-bond acceptors (Lipinski definition) is 3. The van der Waals surface area contributed by atoms with Gasteiger partial charge in [0.15, 0.2) is 0 Å². The van der Waals surface area contributed by atoms with Crippen molar-refractivity contribution in [2.75, 3.05) is 0 Å². The standard InChI is InChI=1S/C16H20N2O/c1-3-13-6-4-8-15(11-13)19-16-14(10-12(2)17)7-5-9-18-16/h4-9,11-12H,3,10,17H2,1-2H3. The van der Waals surface area contributed by atoms with Crippen molar-refractivity contribution in [1.29, 1.82) is 0 Å². The van der Waals surface area contributed by atoms with Crippen LogP contribution >= 0.6 is 0 Å². The number of nitrogens with zero attached hydrogens (tertiary/aromatic N) is 1. The molecule has 100 valence electrons. The molecule has 19 heavy (non-hydrogen) atoms. The van der Waals surface area contributed by atoms with Crippen molar-refractivity contribution < 1.29 is 4.74 Å². The molecule has 0 saturated carbocycles. The highest BCUT2D eigenvalue weighted by Crippen LogP contribution is 2.24. The van der Waals surface area contributed by atoms with E-state index in [1.165, 1.54) is 5.56 Å². The quantitative estimate of drug-likeness (QED) is 0.892. The molecule has 0 amide bonds. The van der Waals surface area contributed by atoms with Gasteiger partial charge >= 0.3 is 0 Å². The zero-order valence-corrected chi connectivity index (χ0v) is 11.5. The number of rotatable bonds is 5. The molecule has 0 aliphatic rings. The molecule has 0 bridgehead atoms. The number of nitrogens with two attached hydrogens (primary N) is 1. The lowest BCUT2D eigenvalue weighted by atomic mass is 10.1. The van der Waals surface area contributed by atoms with E-state index in [0.717, 1.165) is 24.2 Å². The minimum Gasteiger partial charge on any atom is -0.439 e. The third-order valence-electron chi connectivity index (χ3n) is 2.91. The first kappa shape index (κ1) is 13.6. The summed E-state index contributed by atoms with van der Waals surface area (Å²) in [7, 11) is 0. The second-order valence-corrected chi connectivity index (χ2v) is 4.75. The lowest BCUT2D eigenvalue weighted by Gasteiger charge is -2.12. The molecule has 0 radical (unpaired) electrons. The predicted octanol–water partition coefficient (Wildman–Crippen LogP) is 3.33. The van der Waals surface area contributed by atoms with Crippen LogP contribution in [0, 0.1) is 0 Å². The van der Waals surface area contributed by atoms with Crippen molar-refractivity contribution in [3.8, 4) is 11.6 Å². The average Bonchev–Trinajstić information content (AvgIpc) is 2.41. The first-order valence-electron chi connectivity index (χ1n) is 6.65. The van der Waals surface area contributed by atoms with Gasteiger partial charge in [0, 0.05) is 17.8 Å². The lowest BCUT2D eigenvalue weighted by molar-refractivity contribution is 0.453. The maximum absolute atomic E-state index is 5.89. The van der Waals surface area contributed by atoms with Crippen LogP contribution in [0.25, 0.3) is 0 Å². The number of ether oxygens (including phenoxy) is 1. The average molecular weight is 256 g/mol. The molecule has 1 unspecified atom stereocenters. The zero-order valence-electron chi connectivity index (χ0n) is 11.5.